The highest BCUT2D eigenvalue weighted by molar-refractivity contribution is 8.01. The molecule has 1 aliphatic carbocycles. The summed E-state index contributed by atoms with van der Waals surface area (Å²) in [5.74, 6) is -1.12. The van der Waals surface area contributed by atoms with Crippen molar-refractivity contribution in [3.63, 3.8) is 0 Å². The zero-order chi connectivity index (χ0) is 39.5. The zero-order valence-electron chi connectivity index (χ0n) is 31.5. The predicted molar refractivity (Wildman–Crippen MR) is 209 cm³/mol. The van der Waals surface area contributed by atoms with Gasteiger partial charge in [-0.3, -0.25) is 24.1 Å². The first-order chi connectivity index (χ1) is 26.4. The molecule has 0 radical (unpaired) electrons. The Labute approximate surface area is 324 Å². The fourth-order valence-corrected chi connectivity index (χ4v) is 8.12. The van der Waals surface area contributed by atoms with Gasteiger partial charge in [-0.1, -0.05) is 31.9 Å². The number of aromatic nitrogens is 3. The van der Waals surface area contributed by atoms with Crippen molar-refractivity contribution in [3.8, 4) is 5.75 Å². The molecule has 5 rings (SSSR count). The van der Waals surface area contributed by atoms with Crippen LogP contribution in [0.4, 0.5) is 11.8 Å². The van der Waals surface area contributed by atoms with Crippen molar-refractivity contribution >= 4 is 58.3 Å². The smallest absolute Gasteiger partial charge is 0.324 e. The second kappa shape index (κ2) is 19.3. The Kier molecular flexibility index (Phi) is 14.6. The largest absolute Gasteiger partial charge is 0.496 e. The topological polar surface area (TPSA) is 240 Å². The number of nitrogens with one attached hydrogen (secondary N) is 2. The molecule has 1 saturated carbocycles. The van der Waals surface area contributed by atoms with Gasteiger partial charge in [0.2, 0.25) is 17.8 Å². The van der Waals surface area contributed by atoms with E-state index in [9.17, 15) is 29.4 Å². The van der Waals surface area contributed by atoms with E-state index >= 15 is 0 Å². The maximum atomic E-state index is 12.9. The zero-order valence-corrected chi connectivity index (χ0v) is 32.3. The van der Waals surface area contributed by atoms with Gasteiger partial charge >= 0.3 is 11.9 Å². The van der Waals surface area contributed by atoms with Crippen LogP contribution >= 0.6 is 11.8 Å². The molecule has 18 heteroatoms. The number of carboxylic acid groups (broad SMARTS) is 2. The van der Waals surface area contributed by atoms with Crippen LogP contribution in [-0.4, -0.2) is 134 Å². The van der Waals surface area contributed by atoms with E-state index in [-0.39, 0.29) is 44.5 Å². The number of carboxylic acids is 2. The Bertz CT molecular complexity index is 1820. The number of anilines is 2. The fourth-order valence-electron chi connectivity index (χ4n) is 6.56. The molecule has 0 spiro atoms. The van der Waals surface area contributed by atoms with E-state index in [1.807, 2.05) is 17.2 Å². The second-order valence-corrected chi connectivity index (χ2v) is 15.4. The van der Waals surface area contributed by atoms with Crippen LogP contribution < -0.4 is 26.8 Å². The SMILES string of the molecule is CCCCCNc1nc(N)nc2ccn(Cc3ccc(CN4CCN(C(=O)CCOCCNC(=O)C(CC(=O)O)SC5CC5(N)C(=O)O)CC4)cc3OC)c12. The molecule has 3 heterocycles. The molecule has 2 fully saturated rings. The van der Waals surface area contributed by atoms with Crippen molar-refractivity contribution in [2.75, 3.05) is 70.6 Å². The average Bonchev–Trinajstić information content (AvgIpc) is 3.66. The summed E-state index contributed by atoms with van der Waals surface area (Å²) < 4.78 is 13.5. The highest BCUT2D eigenvalue weighted by Gasteiger charge is 2.59. The lowest BCUT2D eigenvalue weighted by Crippen LogP contribution is -2.48. The molecule has 0 bridgehead atoms. The van der Waals surface area contributed by atoms with E-state index < -0.39 is 40.3 Å². The number of thioether (sulfide) groups is 1. The number of carbonyl (C=O) groups excluding carboxylic acids is 2. The number of carbonyl (C=O) groups is 4. The third kappa shape index (κ3) is 11.2. The summed E-state index contributed by atoms with van der Waals surface area (Å²) in [5, 5.41) is 23.0. The molecule has 3 unspecified atom stereocenters. The number of ether oxygens (including phenoxy) is 2. The fraction of sp³-hybridized carbons (Fsp3) is 0.568. The van der Waals surface area contributed by atoms with Crippen molar-refractivity contribution in [1.29, 1.82) is 0 Å². The maximum absolute atomic E-state index is 12.9. The first-order valence-corrected chi connectivity index (χ1v) is 19.6. The first-order valence-electron chi connectivity index (χ1n) is 18.7. The number of nitrogen functional groups attached to an aromatic ring is 1. The number of hydrogen-bond donors (Lipinski definition) is 6. The summed E-state index contributed by atoms with van der Waals surface area (Å²) in [6.45, 7) is 7.36. The Morgan fingerprint density at radius 1 is 1.05 bits per heavy atom. The number of nitrogens with two attached hydrogens (primary N) is 2. The lowest BCUT2D eigenvalue weighted by Gasteiger charge is -2.35. The number of rotatable bonds is 22. The van der Waals surface area contributed by atoms with Crippen LogP contribution in [0.2, 0.25) is 0 Å². The molecule has 1 saturated heterocycles. The highest BCUT2D eigenvalue weighted by atomic mass is 32.2. The van der Waals surface area contributed by atoms with Crippen LogP contribution in [0, 0.1) is 0 Å². The third-order valence-electron chi connectivity index (χ3n) is 9.85. The molecule has 300 valence electrons. The van der Waals surface area contributed by atoms with Crippen molar-refractivity contribution in [2.45, 2.75) is 74.6 Å². The van der Waals surface area contributed by atoms with E-state index in [2.05, 4.69) is 55.2 Å². The van der Waals surface area contributed by atoms with E-state index in [4.69, 9.17) is 20.9 Å². The average molecular weight is 784 g/mol. The van der Waals surface area contributed by atoms with Crippen LogP contribution in [0.3, 0.4) is 0 Å². The lowest BCUT2D eigenvalue weighted by molar-refractivity contribution is -0.139. The molecule has 2 aliphatic rings. The minimum Gasteiger partial charge on any atom is -0.496 e. The van der Waals surface area contributed by atoms with Crippen LogP contribution in [0.5, 0.6) is 5.75 Å². The minimum atomic E-state index is -1.44. The molecule has 1 aliphatic heterocycles. The van der Waals surface area contributed by atoms with Crippen LogP contribution in [0.25, 0.3) is 11.0 Å². The summed E-state index contributed by atoms with van der Waals surface area (Å²) >= 11 is 0.969. The number of unbranched alkanes of at least 4 members (excludes halogenated alkanes) is 2. The normalized spacial score (nSPS) is 18.9. The van der Waals surface area contributed by atoms with Crippen molar-refractivity contribution in [3.05, 3.63) is 41.6 Å². The van der Waals surface area contributed by atoms with Crippen LogP contribution in [0.1, 0.15) is 56.6 Å². The Hall–Kier alpha value is -4.65. The Morgan fingerprint density at radius 2 is 1.84 bits per heavy atom. The monoisotopic (exact) mass is 783 g/mol. The minimum absolute atomic E-state index is 0.00861. The van der Waals surface area contributed by atoms with Crippen molar-refractivity contribution in [2.24, 2.45) is 5.73 Å². The van der Waals surface area contributed by atoms with Crippen molar-refractivity contribution in [1.82, 2.24) is 29.7 Å². The van der Waals surface area contributed by atoms with E-state index in [1.54, 1.807) is 7.11 Å². The number of piperazine rings is 1. The molecule has 8 N–H and O–H groups in total. The molecule has 2 aromatic heterocycles. The predicted octanol–water partition coefficient (Wildman–Crippen LogP) is 1.97. The molecule has 17 nitrogen and oxygen atoms in total. The number of hydrogen-bond acceptors (Lipinski definition) is 13. The van der Waals surface area contributed by atoms with Gasteiger partial charge in [0.25, 0.3) is 0 Å². The highest BCUT2D eigenvalue weighted by Crippen LogP contribution is 2.46. The van der Waals surface area contributed by atoms with Gasteiger partial charge in [-0.15, -0.1) is 11.8 Å². The van der Waals surface area contributed by atoms with E-state index in [0.29, 0.717) is 19.6 Å². The number of fused-ring (bicyclic) bond motifs is 1. The lowest BCUT2D eigenvalue weighted by atomic mass is 10.1. The van der Waals surface area contributed by atoms with Crippen molar-refractivity contribution < 1.29 is 38.9 Å². The maximum Gasteiger partial charge on any atom is 0.324 e. The number of amides is 2. The molecule has 55 heavy (non-hydrogen) atoms. The molecular weight excluding hydrogens is 731 g/mol. The molecule has 3 aromatic rings. The van der Waals surface area contributed by atoms with Gasteiger partial charge in [0.15, 0.2) is 5.82 Å². The van der Waals surface area contributed by atoms with Crippen LogP contribution in [0.15, 0.2) is 30.5 Å². The van der Waals surface area contributed by atoms with Crippen LogP contribution in [-0.2, 0) is 37.0 Å². The quantitative estimate of drug-likeness (QED) is 0.0799. The number of methoxy groups -OCH3 is 1. The Balaban J connectivity index is 1.02. The standard InChI is InChI=1S/C37H53N9O8S/c1-3-4-5-10-40-33-32-26(42-36(38)43-33)8-12-46(32)23-25-7-6-24(19-27(25)53-2)22-44-13-15-45(16-14-44)30(47)9-17-54-18-11-41-34(50)28(20-31(48)49)55-29-21-37(29,39)35(51)52/h6-8,12,19,28-29H,3-5,9-11,13-18,20-23,39H2,1-2H3,(H,41,50)(H,48,49)(H,51,52)(H3,38,40,42,43). The number of benzene rings is 1. The summed E-state index contributed by atoms with van der Waals surface area (Å²) in [5.41, 5.74) is 14.2. The van der Waals surface area contributed by atoms with Gasteiger partial charge in [-0.2, -0.15) is 4.98 Å². The van der Waals surface area contributed by atoms with E-state index in [1.165, 1.54) is 0 Å². The molecule has 1 aromatic carbocycles. The third-order valence-corrected chi connectivity index (χ3v) is 11.5. The summed E-state index contributed by atoms with van der Waals surface area (Å²) in [4.78, 5) is 61.1. The summed E-state index contributed by atoms with van der Waals surface area (Å²) in [6.07, 6.45) is 5.22. The van der Waals surface area contributed by atoms with Gasteiger partial charge in [0.1, 0.15) is 16.8 Å². The Morgan fingerprint density at radius 3 is 2.53 bits per heavy atom. The van der Waals surface area contributed by atoms with Gasteiger partial charge in [-0.25, -0.2) is 4.98 Å². The first kappa shape index (κ1) is 41.5. The summed E-state index contributed by atoms with van der Waals surface area (Å²) in [6, 6.07) is 8.22. The molecule has 3 atom stereocenters. The van der Waals surface area contributed by atoms with E-state index in [0.717, 1.165) is 90.9 Å². The number of aliphatic carboxylic acids is 2. The second-order valence-electron chi connectivity index (χ2n) is 14.0. The van der Waals surface area contributed by atoms with Gasteiger partial charge in [0.05, 0.1) is 50.5 Å². The summed E-state index contributed by atoms with van der Waals surface area (Å²) in [7, 11) is 1.67. The molecule has 2 amide bonds. The van der Waals surface area contributed by atoms with Gasteiger partial charge in [0, 0.05) is 62.8 Å². The van der Waals surface area contributed by atoms with Gasteiger partial charge < -0.3 is 51.3 Å². The number of nitrogens with zero attached hydrogens (tertiary/aromatic N) is 5. The molecular formula is C37H53N9O8S. The van der Waals surface area contributed by atoms with Gasteiger partial charge in [-0.05, 0) is 30.5 Å².